The zero-order valence-electron chi connectivity index (χ0n) is 12.1. The number of pyridine rings is 1. The van der Waals surface area contributed by atoms with Crippen molar-refractivity contribution in [3.05, 3.63) is 23.4 Å². The number of morpholine rings is 1. The first-order chi connectivity index (χ1) is 9.97. The van der Waals surface area contributed by atoms with Gasteiger partial charge in [0.15, 0.2) is 0 Å². The molecule has 7 nitrogen and oxygen atoms in total. The van der Waals surface area contributed by atoms with Crippen molar-refractivity contribution in [2.24, 2.45) is 0 Å². The van der Waals surface area contributed by atoms with E-state index in [4.69, 9.17) is 9.84 Å². The summed E-state index contributed by atoms with van der Waals surface area (Å²) in [5, 5.41) is 12.2. The molecule has 2 N–H and O–H groups in total. The third-order valence-electron chi connectivity index (χ3n) is 3.35. The molecule has 1 aliphatic heterocycles. The molecule has 114 valence electrons. The number of ether oxygens (including phenoxy) is 1. The Labute approximate surface area is 122 Å². The van der Waals surface area contributed by atoms with Gasteiger partial charge in [0.05, 0.1) is 12.7 Å². The number of nitrogens with one attached hydrogen (secondary N) is 1. The molecular formula is C14H19N3O4. The van der Waals surface area contributed by atoms with Crippen LogP contribution in [0.15, 0.2) is 12.1 Å². The van der Waals surface area contributed by atoms with E-state index in [1.165, 1.54) is 13.0 Å². The summed E-state index contributed by atoms with van der Waals surface area (Å²) in [4.78, 5) is 28.5. The van der Waals surface area contributed by atoms with Gasteiger partial charge in [0.1, 0.15) is 11.4 Å². The number of aromatic nitrogens is 1. The minimum atomic E-state index is -1.03. The molecule has 1 amide bonds. The van der Waals surface area contributed by atoms with Crippen LogP contribution in [0.2, 0.25) is 0 Å². The lowest BCUT2D eigenvalue weighted by Crippen LogP contribution is -2.47. The van der Waals surface area contributed by atoms with E-state index in [1.54, 1.807) is 17.9 Å². The normalized spacial score (nSPS) is 18.4. The summed E-state index contributed by atoms with van der Waals surface area (Å²) in [7, 11) is 0. The number of carbonyl (C=O) groups is 2. The Morgan fingerprint density at radius 2 is 2.29 bits per heavy atom. The van der Waals surface area contributed by atoms with Crippen molar-refractivity contribution in [3.63, 3.8) is 0 Å². The number of carboxylic acids is 1. The number of hydrogen-bond acceptors (Lipinski definition) is 5. The predicted molar refractivity (Wildman–Crippen MR) is 76.4 cm³/mol. The molecule has 0 radical (unpaired) electrons. The van der Waals surface area contributed by atoms with Crippen LogP contribution in [0.25, 0.3) is 0 Å². The van der Waals surface area contributed by atoms with Gasteiger partial charge in [-0.25, -0.2) is 9.78 Å². The van der Waals surface area contributed by atoms with Gasteiger partial charge in [-0.1, -0.05) is 0 Å². The molecule has 1 atom stereocenters. The van der Waals surface area contributed by atoms with E-state index >= 15 is 0 Å². The Morgan fingerprint density at radius 3 is 2.95 bits per heavy atom. The second kappa shape index (κ2) is 6.53. The number of nitrogens with zero attached hydrogens (tertiary/aromatic N) is 2. The standard InChI is InChI=1S/C14H19N3O4/c1-9-3-4-12(14(19)20)13(16-9)15-7-11-8-17(10(2)18)5-6-21-11/h3-4,11H,5-8H2,1-2H3,(H,15,16)(H,19,20)/t11-/m0/s1. The SMILES string of the molecule is CC(=O)N1CCO[C@@H](CNc2nc(C)ccc2C(=O)O)C1. The number of rotatable bonds is 4. The van der Waals surface area contributed by atoms with Crippen LogP contribution >= 0.6 is 0 Å². The Kier molecular flexibility index (Phi) is 4.74. The highest BCUT2D eigenvalue weighted by atomic mass is 16.5. The number of carboxylic acid groups (broad SMARTS) is 1. The van der Waals surface area contributed by atoms with Gasteiger partial charge in [-0.05, 0) is 19.1 Å². The summed E-state index contributed by atoms with van der Waals surface area (Å²) in [6.07, 6.45) is -0.174. The highest BCUT2D eigenvalue weighted by Gasteiger charge is 2.22. The first kappa shape index (κ1) is 15.2. The molecule has 7 heteroatoms. The molecule has 1 aromatic heterocycles. The largest absolute Gasteiger partial charge is 0.478 e. The number of aromatic carboxylic acids is 1. The zero-order chi connectivity index (χ0) is 15.4. The highest BCUT2D eigenvalue weighted by molar-refractivity contribution is 5.93. The number of carbonyl (C=O) groups excluding carboxylic acids is 1. The number of amides is 1. The second-order valence-corrected chi connectivity index (χ2v) is 4.99. The van der Waals surface area contributed by atoms with Crippen molar-refractivity contribution in [1.29, 1.82) is 0 Å². The van der Waals surface area contributed by atoms with E-state index in [2.05, 4.69) is 10.3 Å². The Balaban J connectivity index is 2.01. The van der Waals surface area contributed by atoms with E-state index in [9.17, 15) is 9.59 Å². The van der Waals surface area contributed by atoms with Gasteiger partial charge in [0.25, 0.3) is 0 Å². The Morgan fingerprint density at radius 1 is 1.52 bits per heavy atom. The van der Waals surface area contributed by atoms with Crippen molar-refractivity contribution >= 4 is 17.7 Å². The number of hydrogen-bond donors (Lipinski definition) is 2. The average molecular weight is 293 g/mol. The second-order valence-electron chi connectivity index (χ2n) is 4.99. The third kappa shape index (κ3) is 3.91. The molecule has 0 bridgehead atoms. The van der Waals surface area contributed by atoms with Crippen LogP contribution in [-0.2, 0) is 9.53 Å². The van der Waals surface area contributed by atoms with Crippen molar-refractivity contribution in [1.82, 2.24) is 9.88 Å². The lowest BCUT2D eigenvalue weighted by Gasteiger charge is -2.32. The fourth-order valence-corrected chi connectivity index (χ4v) is 2.20. The molecule has 1 fully saturated rings. The van der Waals surface area contributed by atoms with Crippen LogP contribution in [0.1, 0.15) is 23.0 Å². The average Bonchev–Trinajstić information content (AvgIpc) is 2.45. The molecule has 2 heterocycles. The summed E-state index contributed by atoms with van der Waals surface area (Å²) in [5.74, 6) is -0.686. The van der Waals surface area contributed by atoms with Crippen molar-refractivity contribution < 1.29 is 19.4 Å². The maximum atomic E-state index is 11.4. The molecule has 0 aliphatic carbocycles. The third-order valence-corrected chi connectivity index (χ3v) is 3.35. The van der Waals surface area contributed by atoms with Gasteiger partial charge < -0.3 is 20.1 Å². The summed E-state index contributed by atoms with van der Waals surface area (Å²) >= 11 is 0. The van der Waals surface area contributed by atoms with Crippen LogP contribution < -0.4 is 5.32 Å². The molecule has 0 spiro atoms. The van der Waals surface area contributed by atoms with E-state index in [0.29, 0.717) is 32.1 Å². The fraction of sp³-hybridized carbons (Fsp3) is 0.500. The highest BCUT2D eigenvalue weighted by Crippen LogP contribution is 2.14. The fourth-order valence-electron chi connectivity index (χ4n) is 2.20. The Bertz CT molecular complexity index is 547. The summed E-state index contributed by atoms with van der Waals surface area (Å²) in [6.45, 7) is 5.30. The topological polar surface area (TPSA) is 91.8 Å². The molecule has 0 unspecified atom stereocenters. The molecule has 2 rings (SSSR count). The van der Waals surface area contributed by atoms with Gasteiger partial charge in [0, 0.05) is 32.3 Å². The van der Waals surface area contributed by atoms with Gasteiger partial charge in [-0.15, -0.1) is 0 Å². The quantitative estimate of drug-likeness (QED) is 0.851. The van der Waals surface area contributed by atoms with Crippen LogP contribution in [0.4, 0.5) is 5.82 Å². The molecule has 1 aliphatic rings. The smallest absolute Gasteiger partial charge is 0.339 e. The van der Waals surface area contributed by atoms with E-state index in [0.717, 1.165) is 5.69 Å². The summed E-state index contributed by atoms with van der Waals surface area (Å²) in [5.41, 5.74) is 0.859. The van der Waals surface area contributed by atoms with Gasteiger partial charge in [0.2, 0.25) is 5.91 Å². The zero-order valence-corrected chi connectivity index (χ0v) is 12.1. The van der Waals surface area contributed by atoms with E-state index in [-0.39, 0.29) is 17.6 Å². The van der Waals surface area contributed by atoms with Crippen molar-refractivity contribution in [3.8, 4) is 0 Å². The molecule has 1 aromatic rings. The summed E-state index contributed by atoms with van der Waals surface area (Å²) in [6, 6.07) is 3.18. The van der Waals surface area contributed by atoms with Crippen LogP contribution in [0.5, 0.6) is 0 Å². The number of aryl methyl sites for hydroxylation is 1. The maximum Gasteiger partial charge on any atom is 0.339 e. The molecule has 21 heavy (non-hydrogen) atoms. The van der Waals surface area contributed by atoms with Gasteiger partial charge >= 0.3 is 5.97 Å². The predicted octanol–water partition coefficient (Wildman–Crippen LogP) is 0.747. The minimum absolute atomic E-state index is 0.0169. The molecule has 0 aromatic carbocycles. The maximum absolute atomic E-state index is 11.4. The van der Waals surface area contributed by atoms with Gasteiger partial charge in [-0.2, -0.15) is 0 Å². The van der Waals surface area contributed by atoms with E-state index in [1.807, 2.05) is 0 Å². The van der Waals surface area contributed by atoms with Crippen molar-refractivity contribution in [2.75, 3.05) is 31.6 Å². The minimum Gasteiger partial charge on any atom is -0.478 e. The van der Waals surface area contributed by atoms with E-state index < -0.39 is 5.97 Å². The lowest BCUT2D eigenvalue weighted by atomic mass is 10.2. The number of anilines is 1. The van der Waals surface area contributed by atoms with Crippen LogP contribution in [-0.4, -0.2) is 59.2 Å². The molecule has 0 saturated carbocycles. The van der Waals surface area contributed by atoms with Crippen LogP contribution in [0, 0.1) is 6.92 Å². The monoisotopic (exact) mass is 293 g/mol. The Hall–Kier alpha value is -2.15. The summed E-state index contributed by atoms with van der Waals surface area (Å²) < 4.78 is 5.58. The van der Waals surface area contributed by atoms with Crippen molar-refractivity contribution in [2.45, 2.75) is 20.0 Å². The molecule has 1 saturated heterocycles. The van der Waals surface area contributed by atoms with Crippen LogP contribution in [0.3, 0.4) is 0 Å². The lowest BCUT2D eigenvalue weighted by molar-refractivity contribution is -0.135. The first-order valence-electron chi connectivity index (χ1n) is 6.79. The van der Waals surface area contributed by atoms with Gasteiger partial charge in [-0.3, -0.25) is 4.79 Å². The first-order valence-corrected chi connectivity index (χ1v) is 6.79. The molecular weight excluding hydrogens is 274 g/mol.